The Hall–Kier alpha value is -3.95. The molecule has 0 saturated carbocycles. The van der Waals surface area contributed by atoms with Crippen LogP contribution in [0.25, 0.3) is 11.6 Å². The van der Waals surface area contributed by atoms with Gasteiger partial charge >= 0.3 is 0 Å². The molecule has 0 bridgehead atoms. The lowest BCUT2D eigenvalue weighted by atomic mass is 9.86. The van der Waals surface area contributed by atoms with Crippen molar-refractivity contribution in [3.05, 3.63) is 136 Å². The molecule has 36 heavy (non-hydrogen) atoms. The van der Waals surface area contributed by atoms with Gasteiger partial charge in [0.25, 0.3) is 5.91 Å². The molecular formula is C32H28ClNO2. The number of halogens is 1. The van der Waals surface area contributed by atoms with Gasteiger partial charge < -0.3 is 5.32 Å². The normalized spacial score (nSPS) is 11.7. The van der Waals surface area contributed by atoms with Crippen molar-refractivity contribution in [1.29, 1.82) is 0 Å². The standard InChI is InChI=1S/C32H28ClNO2/c1-32(2,3)26-18-16-23(17-19-26)30(35)25-13-9-14-27(20-25)34-31(36)28(22-10-5-4-6-11-22)21-24-12-7-8-15-29(24)33/h4-21H,1-3H3,(H,34,36)/b28-21+. The average molecular weight is 494 g/mol. The summed E-state index contributed by atoms with van der Waals surface area (Å²) < 4.78 is 0. The molecule has 0 radical (unpaired) electrons. The van der Waals surface area contributed by atoms with Crippen molar-refractivity contribution in [2.45, 2.75) is 26.2 Å². The average Bonchev–Trinajstić information content (AvgIpc) is 2.88. The van der Waals surface area contributed by atoms with Crippen molar-refractivity contribution < 1.29 is 9.59 Å². The van der Waals surface area contributed by atoms with Crippen LogP contribution >= 0.6 is 11.6 Å². The number of carbonyl (C=O) groups excluding carboxylic acids is 2. The maximum absolute atomic E-state index is 13.4. The van der Waals surface area contributed by atoms with E-state index in [1.165, 1.54) is 5.56 Å². The Morgan fingerprint density at radius 1 is 0.722 bits per heavy atom. The van der Waals surface area contributed by atoms with Gasteiger partial charge in [-0.25, -0.2) is 0 Å². The summed E-state index contributed by atoms with van der Waals surface area (Å²) in [6.07, 6.45) is 1.78. The molecule has 0 aliphatic heterocycles. The molecule has 1 N–H and O–H groups in total. The monoisotopic (exact) mass is 493 g/mol. The van der Waals surface area contributed by atoms with Crippen LogP contribution in [0.4, 0.5) is 5.69 Å². The summed E-state index contributed by atoms with van der Waals surface area (Å²) in [7, 11) is 0. The third-order valence-electron chi connectivity index (χ3n) is 5.93. The van der Waals surface area contributed by atoms with Crippen LogP contribution in [0.2, 0.25) is 5.02 Å². The van der Waals surface area contributed by atoms with Gasteiger partial charge in [-0.05, 0) is 46.4 Å². The van der Waals surface area contributed by atoms with Gasteiger partial charge in [-0.1, -0.05) is 117 Å². The number of carbonyl (C=O) groups is 2. The van der Waals surface area contributed by atoms with Gasteiger partial charge in [0.15, 0.2) is 5.78 Å². The fourth-order valence-corrected chi connectivity index (χ4v) is 4.06. The minimum absolute atomic E-state index is 0.0136. The first-order valence-electron chi connectivity index (χ1n) is 11.8. The Morgan fingerprint density at radius 2 is 1.36 bits per heavy atom. The van der Waals surface area contributed by atoms with E-state index in [9.17, 15) is 9.59 Å². The van der Waals surface area contributed by atoms with E-state index in [0.29, 0.717) is 27.4 Å². The van der Waals surface area contributed by atoms with Crippen molar-refractivity contribution in [3.63, 3.8) is 0 Å². The Balaban J connectivity index is 1.61. The van der Waals surface area contributed by atoms with Crippen LogP contribution in [0.1, 0.15) is 53.4 Å². The van der Waals surface area contributed by atoms with E-state index in [1.54, 1.807) is 36.4 Å². The number of amides is 1. The molecule has 0 aromatic heterocycles. The lowest BCUT2D eigenvalue weighted by Crippen LogP contribution is -2.14. The first-order valence-corrected chi connectivity index (χ1v) is 12.2. The largest absolute Gasteiger partial charge is 0.322 e. The molecule has 0 atom stereocenters. The van der Waals surface area contributed by atoms with Crippen LogP contribution < -0.4 is 5.32 Å². The predicted octanol–water partition coefficient (Wildman–Crippen LogP) is 8.05. The van der Waals surface area contributed by atoms with Crippen LogP contribution in [0, 0.1) is 0 Å². The molecule has 3 nitrogen and oxygen atoms in total. The summed E-state index contributed by atoms with van der Waals surface area (Å²) in [5.41, 5.74) is 4.81. The molecule has 0 unspecified atom stereocenters. The molecule has 4 heteroatoms. The highest BCUT2D eigenvalue weighted by atomic mass is 35.5. The summed E-state index contributed by atoms with van der Waals surface area (Å²) in [4.78, 5) is 26.5. The van der Waals surface area contributed by atoms with Crippen LogP contribution in [0.3, 0.4) is 0 Å². The zero-order valence-electron chi connectivity index (χ0n) is 20.6. The molecule has 0 saturated heterocycles. The van der Waals surface area contributed by atoms with Crippen molar-refractivity contribution in [3.8, 4) is 0 Å². The van der Waals surface area contributed by atoms with Crippen LogP contribution in [-0.2, 0) is 10.2 Å². The van der Waals surface area contributed by atoms with Gasteiger partial charge in [0.05, 0.1) is 0 Å². The summed E-state index contributed by atoms with van der Waals surface area (Å²) in [6, 6.07) is 31.5. The highest BCUT2D eigenvalue weighted by molar-refractivity contribution is 6.34. The van der Waals surface area contributed by atoms with Gasteiger partial charge in [0, 0.05) is 27.4 Å². The van der Waals surface area contributed by atoms with E-state index in [4.69, 9.17) is 11.6 Å². The van der Waals surface area contributed by atoms with Crippen molar-refractivity contribution in [2.75, 3.05) is 5.32 Å². The maximum atomic E-state index is 13.4. The van der Waals surface area contributed by atoms with E-state index in [1.807, 2.05) is 72.8 Å². The second kappa shape index (κ2) is 10.8. The first kappa shape index (κ1) is 25.2. The molecule has 4 rings (SSSR count). The number of anilines is 1. The maximum Gasteiger partial charge on any atom is 0.256 e. The molecule has 4 aromatic rings. The van der Waals surface area contributed by atoms with E-state index < -0.39 is 0 Å². The number of benzene rings is 4. The summed E-state index contributed by atoms with van der Waals surface area (Å²) in [5.74, 6) is -0.387. The van der Waals surface area contributed by atoms with Gasteiger partial charge in [0.2, 0.25) is 0 Å². The van der Waals surface area contributed by atoms with Gasteiger partial charge in [-0.2, -0.15) is 0 Å². The molecule has 4 aromatic carbocycles. The molecule has 0 aliphatic carbocycles. The first-order chi connectivity index (χ1) is 17.2. The smallest absolute Gasteiger partial charge is 0.256 e. The molecule has 0 fully saturated rings. The van der Waals surface area contributed by atoms with E-state index in [2.05, 4.69) is 26.1 Å². The molecular weight excluding hydrogens is 466 g/mol. The van der Waals surface area contributed by atoms with Gasteiger partial charge in [-0.15, -0.1) is 0 Å². The van der Waals surface area contributed by atoms with E-state index in [0.717, 1.165) is 11.1 Å². The third-order valence-corrected chi connectivity index (χ3v) is 6.27. The number of ketones is 1. The third kappa shape index (κ3) is 5.99. The van der Waals surface area contributed by atoms with Crippen molar-refractivity contribution in [2.24, 2.45) is 0 Å². The lowest BCUT2D eigenvalue weighted by Gasteiger charge is -2.19. The van der Waals surface area contributed by atoms with Crippen LogP contribution in [0.15, 0.2) is 103 Å². The van der Waals surface area contributed by atoms with Crippen molar-refractivity contribution >= 4 is 40.6 Å². The summed E-state index contributed by atoms with van der Waals surface area (Å²) >= 11 is 6.36. The number of rotatable bonds is 6. The fourth-order valence-electron chi connectivity index (χ4n) is 3.87. The van der Waals surface area contributed by atoms with Gasteiger partial charge in [0.1, 0.15) is 0 Å². The molecule has 0 spiro atoms. The number of hydrogen-bond acceptors (Lipinski definition) is 2. The zero-order valence-corrected chi connectivity index (χ0v) is 21.3. The Kier molecular flexibility index (Phi) is 7.52. The van der Waals surface area contributed by atoms with Gasteiger partial charge in [-0.3, -0.25) is 9.59 Å². The minimum Gasteiger partial charge on any atom is -0.322 e. The lowest BCUT2D eigenvalue weighted by molar-refractivity contribution is -0.111. The van der Waals surface area contributed by atoms with E-state index in [-0.39, 0.29) is 17.1 Å². The van der Waals surface area contributed by atoms with Crippen LogP contribution in [0.5, 0.6) is 0 Å². The predicted molar refractivity (Wildman–Crippen MR) is 149 cm³/mol. The Bertz CT molecular complexity index is 1410. The van der Waals surface area contributed by atoms with Crippen molar-refractivity contribution in [1.82, 2.24) is 0 Å². The van der Waals surface area contributed by atoms with Crippen LogP contribution in [-0.4, -0.2) is 11.7 Å². The number of nitrogens with one attached hydrogen (secondary N) is 1. The highest BCUT2D eigenvalue weighted by Crippen LogP contribution is 2.26. The molecule has 0 heterocycles. The second-order valence-corrected chi connectivity index (χ2v) is 10.0. The molecule has 1 amide bonds. The molecule has 180 valence electrons. The number of hydrogen-bond donors (Lipinski definition) is 1. The molecule has 0 aliphatic rings. The fraction of sp³-hybridized carbons (Fsp3) is 0.125. The highest BCUT2D eigenvalue weighted by Gasteiger charge is 2.17. The summed E-state index contributed by atoms with van der Waals surface area (Å²) in [5, 5.41) is 3.51. The minimum atomic E-state index is -0.291. The second-order valence-electron chi connectivity index (χ2n) is 9.64. The topological polar surface area (TPSA) is 46.2 Å². The van der Waals surface area contributed by atoms with E-state index >= 15 is 0 Å². The quantitative estimate of drug-likeness (QED) is 0.168. The Labute approximate surface area is 217 Å². The Morgan fingerprint density at radius 3 is 2.03 bits per heavy atom. The summed E-state index contributed by atoms with van der Waals surface area (Å²) in [6.45, 7) is 6.42. The SMILES string of the molecule is CC(C)(C)c1ccc(C(=O)c2cccc(NC(=O)/C(=C/c3ccccc3Cl)c3ccccc3)c2)cc1. The zero-order chi connectivity index (χ0) is 25.7.